The predicted molar refractivity (Wildman–Crippen MR) is 90.4 cm³/mol. The molecule has 2 amide bonds. The molecule has 0 spiro atoms. The van der Waals surface area contributed by atoms with Gasteiger partial charge >= 0.3 is 0 Å². The van der Waals surface area contributed by atoms with E-state index in [1.807, 2.05) is 31.4 Å². The molecule has 1 atom stereocenters. The molecule has 2 saturated heterocycles. The fourth-order valence-electron chi connectivity index (χ4n) is 2.85. The zero-order chi connectivity index (χ0) is 15.1. The first-order valence-electron chi connectivity index (χ1n) is 7.98. The van der Waals surface area contributed by atoms with Crippen LogP contribution in [0.5, 0.6) is 0 Å². The van der Waals surface area contributed by atoms with Gasteiger partial charge in [-0.25, -0.2) is 0 Å². The first-order chi connectivity index (χ1) is 10.2. The van der Waals surface area contributed by atoms with E-state index in [0.29, 0.717) is 19.5 Å². The van der Waals surface area contributed by atoms with E-state index in [2.05, 4.69) is 0 Å². The second kappa shape index (κ2) is 8.93. The van der Waals surface area contributed by atoms with Crippen molar-refractivity contribution in [3.8, 4) is 0 Å². The summed E-state index contributed by atoms with van der Waals surface area (Å²) in [6.07, 6.45) is 6.33. The molecule has 21 heavy (non-hydrogen) atoms. The normalized spacial score (nSPS) is 23.2. The van der Waals surface area contributed by atoms with Gasteiger partial charge in [0.1, 0.15) is 0 Å². The summed E-state index contributed by atoms with van der Waals surface area (Å²) < 4.78 is 0. The molecular formula is C15H26N2O2S2. The minimum atomic E-state index is 0.122. The first kappa shape index (κ1) is 17.0. The van der Waals surface area contributed by atoms with Crippen LogP contribution >= 0.6 is 21.6 Å². The number of hydrogen-bond donors (Lipinski definition) is 0. The molecule has 2 aliphatic heterocycles. The highest BCUT2D eigenvalue weighted by Gasteiger charge is 2.20. The quantitative estimate of drug-likeness (QED) is 0.574. The third-order valence-electron chi connectivity index (χ3n) is 4.19. The average molecular weight is 331 g/mol. The van der Waals surface area contributed by atoms with E-state index in [4.69, 9.17) is 0 Å². The number of nitrogens with zero attached hydrogens (tertiary/aromatic N) is 2. The van der Waals surface area contributed by atoms with Crippen molar-refractivity contribution < 1.29 is 9.59 Å². The summed E-state index contributed by atoms with van der Waals surface area (Å²) in [5.41, 5.74) is 0. The van der Waals surface area contributed by atoms with E-state index < -0.39 is 0 Å². The maximum Gasteiger partial charge on any atom is 0.222 e. The molecule has 0 saturated carbocycles. The van der Waals surface area contributed by atoms with Gasteiger partial charge < -0.3 is 9.80 Å². The summed E-state index contributed by atoms with van der Waals surface area (Å²) in [7, 11) is 4.00. The van der Waals surface area contributed by atoms with Crippen LogP contribution in [0.3, 0.4) is 0 Å². The number of carbonyl (C=O) groups is 2. The van der Waals surface area contributed by atoms with Crippen molar-refractivity contribution in [2.75, 3.05) is 31.9 Å². The summed E-state index contributed by atoms with van der Waals surface area (Å²) in [4.78, 5) is 27.4. The summed E-state index contributed by atoms with van der Waals surface area (Å²) >= 11 is 0. The standard InChI is InChI=1S/C15H26N2O2S2/c1-13(18)16-8-4-9-17(11-10-16)15(19)6-3-2-5-14-7-12-20-21-14/h14H,2-12H2,1H3. The van der Waals surface area contributed by atoms with Crippen LogP contribution in [-0.4, -0.2) is 58.8 Å². The van der Waals surface area contributed by atoms with Gasteiger partial charge in [-0.2, -0.15) is 0 Å². The number of hydrogen-bond acceptors (Lipinski definition) is 4. The van der Waals surface area contributed by atoms with E-state index in [0.717, 1.165) is 37.6 Å². The van der Waals surface area contributed by atoms with E-state index in [9.17, 15) is 9.59 Å². The lowest BCUT2D eigenvalue weighted by atomic mass is 10.1. The molecule has 2 aliphatic rings. The molecule has 1 unspecified atom stereocenters. The molecule has 0 aromatic heterocycles. The summed E-state index contributed by atoms with van der Waals surface area (Å²) in [5.74, 6) is 1.68. The Morgan fingerprint density at radius 1 is 1.10 bits per heavy atom. The molecule has 4 nitrogen and oxygen atoms in total. The third-order valence-corrected chi connectivity index (χ3v) is 7.19. The van der Waals surface area contributed by atoms with Crippen molar-refractivity contribution in [3.63, 3.8) is 0 Å². The summed E-state index contributed by atoms with van der Waals surface area (Å²) in [6.45, 7) is 4.59. The van der Waals surface area contributed by atoms with Gasteiger partial charge in [0.05, 0.1) is 0 Å². The third kappa shape index (κ3) is 5.74. The van der Waals surface area contributed by atoms with Crippen LogP contribution in [0.15, 0.2) is 0 Å². The van der Waals surface area contributed by atoms with E-state index >= 15 is 0 Å². The zero-order valence-electron chi connectivity index (χ0n) is 12.9. The molecule has 0 aromatic carbocycles. The molecule has 2 fully saturated rings. The number of carbonyl (C=O) groups excluding carboxylic acids is 2. The molecule has 0 radical (unpaired) electrons. The molecule has 120 valence electrons. The van der Waals surface area contributed by atoms with Crippen LogP contribution in [0.1, 0.15) is 45.4 Å². The van der Waals surface area contributed by atoms with Gasteiger partial charge in [-0.1, -0.05) is 28.0 Å². The smallest absolute Gasteiger partial charge is 0.222 e. The van der Waals surface area contributed by atoms with Crippen molar-refractivity contribution in [2.24, 2.45) is 0 Å². The lowest BCUT2D eigenvalue weighted by Gasteiger charge is -2.21. The maximum atomic E-state index is 12.2. The van der Waals surface area contributed by atoms with Gasteiger partial charge in [0.2, 0.25) is 11.8 Å². The molecule has 6 heteroatoms. The average Bonchev–Trinajstić information content (AvgIpc) is 2.84. The molecule has 2 heterocycles. The molecule has 0 aliphatic carbocycles. The lowest BCUT2D eigenvalue weighted by molar-refractivity contribution is -0.132. The molecule has 0 bridgehead atoms. The van der Waals surface area contributed by atoms with Crippen LogP contribution in [0.2, 0.25) is 0 Å². The van der Waals surface area contributed by atoms with Crippen molar-refractivity contribution in [1.82, 2.24) is 9.80 Å². The molecular weight excluding hydrogens is 304 g/mol. The molecule has 0 aromatic rings. The highest BCUT2D eigenvalue weighted by molar-refractivity contribution is 8.77. The zero-order valence-corrected chi connectivity index (χ0v) is 14.5. The summed E-state index contributed by atoms with van der Waals surface area (Å²) in [6, 6.07) is 0. The number of unbranched alkanes of at least 4 members (excludes halogenated alkanes) is 1. The first-order valence-corrected chi connectivity index (χ1v) is 10.4. The van der Waals surface area contributed by atoms with Crippen LogP contribution in [0.25, 0.3) is 0 Å². The minimum absolute atomic E-state index is 0.122. The van der Waals surface area contributed by atoms with Crippen molar-refractivity contribution in [3.05, 3.63) is 0 Å². The fraction of sp³-hybridized carbons (Fsp3) is 0.867. The Labute approximate surface area is 135 Å². The largest absolute Gasteiger partial charge is 0.341 e. The highest BCUT2D eigenvalue weighted by atomic mass is 33.1. The second-order valence-electron chi connectivity index (χ2n) is 5.82. The topological polar surface area (TPSA) is 40.6 Å². The molecule has 2 rings (SSSR count). The highest BCUT2D eigenvalue weighted by Crippen LogP contribution is 2.39. The van der Waals surface area contributed by atoms with E-state index in [1.54, 1.807) is 6.92 Å². The van der Waals surface area contributed by atoms with Crippen LogP contribution in [-0.2, 0) is 9.59 Å². The lowest BCUT2D eigenvalue weighted by Crippen LogP contribution is -2.36. The number of amides is 2. The van der Waals surface area contributed by atoms with Crippen molar-refractivity contribution >= 4 is 33.4 Å². The molecule has 0 N–H and O–H groups in total. The van der Waals surface area contributed by atoms with Gasteiger partial charge in [0.15, 0.2) is 0 Å². The van der Waals surface area contributed by atoms with Gasteiger partial charge in [0.25, 0.3) is 0 Å². The van der Waals surface area contributed by atoms with E-state index in [-0.39, 0.29) is 11.8 Å². The Bertz CT molecular complexity index is 360. The Balaban J connectivity index is 1.62. The Hall–Kier alpha value is -0.360. The van der Waals surface area contributed by atoms with Gasteiger partial charge in [-0.15, -0.1) is 0 Å². The SMILES string of the molecule is CC(=O)N1CCCN(C(=O)CCCCC2CCSS2)CC1. The monoisotopic (exact) mass is 330 g/mol. The van der Waals surface area contributed by atoms with Crippen LogP contribution in [0.4, 0.5) is 0 Å². The van der Waals surface area contributed by atoms with Crippen LogP contribution < -0.4 is 0 Å². The fourth-order valence-corrected chi connectivity index (χ4v) is 5.88. The van der Waals surface area contributed by atoms with Crippen molar-refractivity contribution in [1.29, 1.82) is 0 Å². The van der Waals surface area contributed by atoms with Gasteiger partial charge in [-0.05, 0) is 25.7 Å². The predicted octanol–water partition coefficient (Wildman–Crippen LogP) is 2.78. The van der Waals surface area contributed by atoms with Gasteiger partial charge in [0, 0.05) is 50.5 Å². The number of rotatable bonds is 5. The minimum Gasteiger partial charge on any atom is -0.341 e. The Kier molecular flexibility index (Phi) is 7.23. The maximum absolute atomic E-state index is 12.2. The van der Waals surface area contributed by atoms with Gasteiger partial charge in [-0.3, -0.25) is 9.59 Å². The van der Waals surface area contributed by atoms with Crippen molar-refractivity contribution in [2.45, 2.75) is 50.7 Å². The van der Waals surface area contributed by atoms with E-state index in [1.165, 1.54) is 18.6 Å². The Morgan fingerprint density at radius 3 is 2.57 bits per heavy atom. The Morgan fingerprint density at radius 2 is 1.86 bits per heavy atom. The van der Waals surface area contributed by atoms with Crippen LogP contribution in [0, 0.1) is 0 Å². The second-order valence-corrected chi connectivity index (χ2v) is 8.60. The summed E-state index contributed by atoms with van der Waals surface area (Å²) in [5, 5.41) is 0.812.